The third-order valence-corrected chi connectivity index (χ3v) is 8.95. The Bertz CT molecular complexity index is 1700. The molecule has 0 amide bonds. The number of aryl methyl sites for hydroxylation is 1. The summed E-state index contributed by atoms with van der Waals surface area (Å²) < 4.78 is 6.26. The summed E-state index contributed by atoms with van der Waals surface area (Å²) in [6.45, 7) is 13.4. The summed E-state index contributed by atoms with van der Waals surface area (Å²) in [5.74, 6) is 0.534. The summed E-state index contributed by atoms with van der Waals surface area (Å²) in [5, 5.41) is 3.70. The Labute approximate surface area is 252 Å². The molecule has 3 nitrogen and oxygen atoms in total. The zero-order valence-corrected chi connectivity index (χ0v) is 27.3. The molecule has 3 aromatic carbocycles. The van der Waals surface area contributed by atoms with Crippen LogP contribution in [-0.2, 0) is 20.1 Å². The van der Waals surface area contributed by atoms with Crippen LogP contribution in [0.2, 0.25) is 19.6 Å². The summed E-state index contributed by atoms with van der Waals surface area (Å²) in [7, 11) is -1.36. The Morgan fingerprint density at radius 3 is 2.17 bits per heavy atom. The molecule has 5 heteroatoms. The number of pyridine rings is 2. The molecule has 0 saturated heterocycles. The number of furan rings is 1. The van der Waals surface area contributed by atoms with Crippen LogP contribution in [0.25, 0.3) is 44.5 Å². The number of fused-ring (bicyclic) bond motifs is 3. The molecule has 0 aliphatic heterocycles. The number of rotatable bonds is 4. The van der Waals surface area contributed by atoms with Crippen LogP contribution >= 0.6 is 0 Å². The van der Waals surface area contributed by atoms with E-state index in [1.807, 2.05) is 55.7 Å². The molecule has 0 aliphatic carbocycles. The van der Waals surface area contributed by atoms with E-state index >= 15 is 0 Å². The van der Waals surface area contributed by atoms with Gasteiger partial charge in [0.15, 0.2) is 0 Å². The van der Waals surface area contributed by atoms with Gasteiger partial charge >= 0.3 is 0 Å². The van der Waals surface area contributed by atoms with E-state index in [-0.39, 0.29) is 20.1 Å². The van der Waals surface area contributed by atoms with Gasteiger partial charge in [0, 0.05) is 37.9 Å². The van der Waals surface area contributed by atoms with E-state index in [1.54, 1.807) is 0 Å². The molecular weight excluding hydrogens is 685 g/mol. The SMILES string of the molecule is CC(C)c1ccc(-c2[c-]cccc2)nc1.Cc1ccc(-c2[c-]ccc3c2oc2cc([Si](C)(C)C)ccc23)nc1.[Ir]. The molecule has 0 fully saturated rings. The molecule has 0 aliphatic rings. The van der Waals surface area contributed by atoms with Crippen molar-refractivity contribution < 1.29 is 24.5 Å². The maximum absolute atomic E-state index is 6.26. The smallest absolute Gasteiger partial charge is 0.120 e. The monoisotopic (exact) mass is 719 g/mol. The molecule has 3 heterocycles. The molecular formula is C35H34IrN2OSi-2. The van der Waals surface area contributed by atoms with Crippen LogP contribution in [0.3, 0.4) is 0 Å². The third-order valence-electron chi connectivity index (χ3n) is 6.90. The predicted octanol–water partition coefficient (Wildman–Crippen LogP) is 8.97. The normalized spacial score (nSPS) is 11.3. The molecule has 6 rings (SSSR count). The van der Waals surface area contributed by atoms with Crippen molar-refractivity contribution in [3.63, 3.8) is 0 Å². The molecule has 0 bridgehead atoms. The fourth-order valence-corrected chi connectivity index (χ4v) is 5.62. The second-order valence-electron chi connectivity index (χ2n) is 11.3. The van der Waals surface area contributed by atoms with Gasteiger partial charge < -0.3 is 14.4 Å². The average molecular weight is 719 g/mol. The third kappa shape index (κ3) is 6.50. The van der Waals surface area contributed by atoms with Crippen molar-refractivity contribution in [2.24, 2.45) is 0 Å². The Morgan fingerprint density at radius 2 is 1.55 bits per heavy atom. The summed E-state index contributed by atoms with van der Waals surface area (Å²) >= 11 is 0. The van der Waals surface area contributed by atoms with Crippen molar-refractivity contribution >= 4 is 35.2 Å². The number of nitrogens with zero attached hydrogens (tertiary/aromatic N) is 2. The summed E-state index contributed by atoms with van der Waals surface area (Å²) in [6.07, 6.45) is 3.83. The first kappa shape index (κ1) is 29.6. The van der Waals surface area contributed by atoms with Gasteiger partial charge in [-0.2, -0.15) is 0 Å². The minimum absolute atomic E-state index is 0. The fraction of sp³-hybridized carbons (Fsp3) is 0.200. The Kier molecular flexibility index (Phi) is 9.20. The number of hydrogen-bond donors (Lipinski definition) is 0. The predicted molar refractivity (Wildman–Crippen MR) is 166 cm³/mol. The molecule has 40 heavy (non-hydrogen) atoms. The van der Waals surface area contributed by atoms with Crippen molar-refractivity contribution in [2.75, 3.05) is 0 Å². The average Bonchev–Trinajstić information content (AvgIpc) is 3.32. The second-order valence-corrected chi connectivity index (χ2v) is 16.4. The van der Waals surface area contributed by atoms with Crippen molar-refractivity contribution in [2.45, 2.75) is 46.3 Å². The van der Waals surface area contributed by atoms with Crippen LogP contribution in [-0.4, -0.2) is 18.0 Å². The van der Waals surface area contributed by atoms with Crippen LogP contribution in [0.4, 0.5) is 0 Å². The molecule has 1 radical (unpaired) electrons. The molecule has 3 aromatic heterocycles. The van der Waals surface area contributed by atoms with Gasteiger partial charge in [0.1, 0.15) is 5.58 Å². The molecule has 0 atom stereocenters. The zero-order chi connectivity index (χ0) is 27.6. The van der Waals surface area contributed by atoms with E-state index in [2.05, 4.69) is 98.1 Å². The van der Waals surface area contributed by atoms with E-state index in [1.165, 1.54) is 10.8 Å². The maximum atomic E-state index is 6.26. The first-order chi connectivity index (χ1) is 18.7. The van der Waals surface area contributed by atoms with Gasteiger partial charge in [-0.1, -0.05) is 86.0 Å². The largest absolute Gasteiger partial charge is 0.501 e. The van der Waals surface area contributed by atoms with E-state index in [0.717, 1.165) is 50.0 Å². The van der Waals surface area contributed by atoms with Crippen LogP contribution in [0, 0.1) is 19.1 Å². The maximum Gasteiger partial charge on any atom is 0.120 e. The molecule has 0 unspecified atom stereocenters. The van der Waals surface area contributed by atoms with Gasteiger partial charge in [-0.15, -0.1) is 54.1 Å². The van der Waals surface area contributed by atoms with Crippen molar-refractivity contribution in [1.29, 1.82) is 0 Å². The summed E-state index contributed by atoms with van der Waals surface area (Å²) in [6, 6.07) is 33.4. The van der Waals surface area contributed by atoms with Crippen LogP contribution < -0.4 is 5.19 Å². The van der Waals surface area contributed by atoms with Crippen molar-refractivity contribution in [3.05, 3.63) is 115 Å². The Morgan fingerprint density at radius 1 is 0.775 bits per heavy atom. The zero-order valence-electron chi connectivity index (χ0n) is 23.9. The van der Waals surface area contributed by atoms with Gasteiger partial charge in [-0.25, -0.2) is 0 Å². The quantitative estimate of drug-likeness (QED) is 0.135. The van der Waals surface area contributed by atoms with Crippen molar-refractivity contribution in [3.8, 4) is 22.5 Å². The van der Waals surface area contributed by atoms with Gasteiger partial charge in [-0.05, 0) is 41.4 Å². The van der Waals surface area contributed by atoms with E-state index < -0.39 is 8.07 Å². The van der Waals surface area contributed by atoms with Crippen molar-refractivity contribution in [1.82, 2.24) is 9.97 Å². The van der Waals surface area contributed by atoms with Gasteiger partial charge in [0.25, 0.3) is 0 Å². The van der Waals surface area contributed by atoms with Gasteiger partial charge in [0.2, 0.25) is 0 Å². The molecule has 6 aromatic rings. The summed E-state index contributed by atoms with van der Waals surface area (Å²) in [4.78, 5) is 8.98. The standard InChI is InChI=1S/C21H20NOSi.C14H14N.Ir/c1-14-8-11-19(22-13-14)18-7-5-6-17-16-10-9-15(24(2,3)4)12-20(16)23-21(17)18;1-11(2)13-8-9-14(15-10-13)12-6-4-3-5-7-12;/h5-6,8-13H,1-4H3;3-6,8-11H,1-2H3;/q2*-1;. The molecule has 0 saturated carbocycles. The molecule has 0 spiro atoms. The fourth-order valence-electron chi connectivity index (χ4n) is 4.47. The second kappa shape index (κ2) is 12.4. The Balaban J connectivity index is 0.000000200. The Hall–Kier alpha value is -3.37. The van der Waals surface area contributed by atoms with Gasteiger partial charge in [0.05, 0.1) is 13.7 Å². The molecule has 0 N–H and O–H groups in total. The summed E-state index contributed by atoms with van der Waals surface area (Å²) in [5.41, 5.74) is 8.11. The molecule has 205 valence electrons. The topological polar surface area (TPSA) is 38.9 Å². The van der Waals surface area contributed by atoms with E-state index in [9.17, 15) is 0 Å². The number of benzene rings is 3. The first-order valence-corrected chi connectivity index (χ1v) is 16.9. The number of aromatic nitrogens is 2. The van der Waals surface area contributed by atoms with E-state index in [4.69, 9.17) is 4.42 Å². The minimum atomic E-state index is -1.36. The van der Waals surface area contributed by atoms with Crippen LogP contribution in [0.15, 0.2) is 95.7 Å². The minimum Gasteiger partial charge on any atom is -0.501 e. The van der Waals surface area contributed by atoms with E-state index in [0.29, 0.717) is 5.92 Å². The van der Waals surface area contributed by atoms with Crippen LogP contribution in [0.1, 0.15) is 30.9 Å². The van der Waals surface area contributed by atoms with Gasteiger partial charge in [-0.3, -0.25) is 0 Å². The number of hydrogen-bond acceptors (Lipinski definition) is 3. The first-order valence-electron chi connectivity index (χ1n) is 13.4. The van der Waals surface area contributed by atoms with Crippen LogP contribution in [0.5, 0.6) is 0 Å².